The summed E-state index contributed by atoms with van der Waals surface area (Å²) in [5.74, 6) is 0. The van der Waals surface area contributed by atoms with Gasteiger partial charge in [0.1, 0.15) is 6.17 Å². The van der Waals surface area contributed by atoms with Gasteiger partial charge in [-0.05, 0) is 25.7 Å². The molecule has 0 aromatic carbocycles. The monoisotopic (exact) mass is 131 g/mol. The van der Waals surface area contributed by atoms with Gasteiger partial charge in [0.05, 0.1) is 5.71 Å². The summed E-state index contributed by atoms with van der Waals surface area (Å²) in [6.07, 6.45) is 1.63. The lowest BCUT2D eigenvalue weighted by Crippen LogP contribution is -2.14. The van der Waals surface area contributed by atoms with Crippen LogP contribution in [0.25, 0.3) is 0 Å². The lowest BCUT2D eigenvalue weighted by molar-refractivity contribution is 0.278. The van der Waals surface area contributed by atoms with Crippen LogP contribution in [0.2, 0.25) is 0 Å². The Bertz CT molecular complexity index is 114. The van der Waals surface area contributed by atoms with Crippen molar-refractivity contribution in [2.24, 2.45) is 5.16 Å². The number of nitrogens with zero attached hydrogens (tertiary/aromatic N) is 1. The first-order valence-corrected chi connectivity index (χ1v) is 3.17. The summed E-state index contributed by atoms with van der Waals surface area (Å²) in [5.41, 5.74) is 0.740. The summed E-state index contributed by atoms with van der Waals surface area (Å²) < 4.78 is 12.4. The molecular weight excluding hydrogens is 121 g/mol. The molecule has 1 N–H and O–H groups in total. The van der Waals surface area contributed by atoms with E-state index in [4.69, 9.17) is 5.21 Å². The van der Waals surface area contributed by atoms with Crippen LogP contribution in [0.5, 0.6) is 0 Å². The van der Waals surface area contributed by atoms with E-state index in [0.717, 1.165) is 5.71 Å². The number of halogens is 1. The molecule has 1 rings (SSSR count). The van der Waals surface area contributed by atoms with Crippen molar-refractivity contribution in [3.63, 3.8) is 0 Å². The van der Waals surface area contributed by atoms with Crippen molar-refractivity contribution >= 4 is 5.71 Å². The average Bonchev–Trinajstić information content (AvgIpc) is 1.90. The van der Waals surface area contributed by atoms with E-state index in [0.29, 0.717) is 25.7 Å². The first-order valence-electron chi connectivity index (χ1n) is 3.17. The molecule has 9 heavy (non-hydrogen) atoms. The third kappa shape index (κ3) is 1.66. The van der Waals surface area contributed by atoms with E-state index >= 15 is 0 Å². The molecule has 0 radical (unpaired) electrons. The topological polar surface area (TPSA) is 32.6 Å². The van der Waals surface area contributed by atoms with Crippen LogP contribution in [-0.2, 0) is 0 Å². The van der Waals surface area contributed by atoms with Crippen molar-refractivity contribution in [1.29, 1.82) is 0 Å². The van der Waals surface area contributed by atoms with Crippen molar-refractivity contribution in [2.75, 3.05) is 0 Å². The van der Waals surface area contributed by atoms with Crippen LogP contribution in [0, 0.1) is 0 Å². The first-order chi connectivity index (χ1) is 4.33. The molecule has 0 bridgehead atoms. The van der Waals surface area contributed by atoms with E-state index in [9.17, 15) is 4.39 Å². The number of alkyl halides is 1. The van der Waals surface area contributed by atoms with Crippen molar-refractivity contribution in [1.82, 2.24) is 0 Å². The second kappa shape index (κ2) is 2.80. The Hall–Kier alpha value is -0.600. The molecule has 0 amide bonds. The molecule has 0 spiro atoms. The molecule has 1 aliphatic rings. The maximum atomic E-state index is 12.4. The molecule has 0 unspecified atom stereocenters. The van der Waals surface area contributed by atoms with Crippen LogP contribution in [0.3, 0.4) is 0 Å². The molecule has 1 aliphatic carbocycles. The van der Waals surface area contributed by atoms with Gasteiger partial charge < -0.3 is 5.21 Å². The van der Waals surface area contributed by atoms with Crippen molar-refractivity contribution < 1.29 is 9.60 Å². The van der Waals surface area contributed by atoms with E-state index < -0.39 is 6.17 Å². The molecule has 3 heteroatoms. The predicted molar refractivity (Wildman–Crippen MR) is 32.6 cm³/mol. The number of oxime groups is 1. The van der Waals surface area contributed by atoms with Crippen molar-refractivity contribution in [3.05, 3.63) is 0 Å². The molecule has 0 aliphatic heterocycles. The summed E-state index contributed by atoms with van der Waals surface area (Å²) in [4.78, 5) is 0. The second-order valence-corrected chi connectivity index (χ2v) is 2.34. The summed E-state index contributed by atoms with van der Waals surface area (Å²) in [6, 6.07) is 0. The summed E-state index contributed by atoms with van der Waals surface area (Å²) in [6.45, 7) is 0. The molecule has 52 valence electrons. The number of rotatable bonds is 0. The number of hydrogen-bond acceptors (Lipinski definition) is 2. The molecule has 0 aromatic rings. The maximum Gasteiger partial charge on any atom is 0.101 e. The van der Waals surface area contributed by atoms with Gasteiger partial charge in [-0.3, -0.25) is 0 Å². The van der Waals surface area contributed by atoms with Crippen LogP contribution < -0.4 is 0 Å². The van der Waals surface area contributed by atoms with Crippen LogP contribution >= 0.6 is 0 Å². The Morgan fingerprint density at radius 3 is 2.44 bits per heavy atom. The lowest BCUT2D eigenvalue weighted by Gasteiger charge is -2.14. The summed E-state index contributed by atoms with van der Waals surface area (Å²) in [5, 5.41) is 11.3. The van der Waals surface area contributed by atoms with Gasteiger partial charge in [0.2, 0.25) is 0 Å². The van der Waals surface area contributed by atoms with Gasteiger partial charge in [-0.25, -0.2) is 4.39 Å². The Kier molecular flexibility index (Phi) is 2.03. The molecule has 0 saturated heterocycles. The van der Waals surface area contributed by atoms with Crippen molar-refractivity contribution in [3.8, 4) is 0 Å². The van der Waals surface area contributed by atoms with E-state index in [-0.39, 0.29) is 0 Å². The highest BCUT2D eigenvalue weighted by atomic mass is 19.1. The van der Waals surface area contributed by atoms with Gasteiger partial charge in [0.25, 0.3) is 0 Å². The van der Waals surface area contributed by atoms with Gasteiger partial charge in [-0.15, -0.1) is 0 Å². The van der Waals surface area contributed by atoms with E-state index in [1.807, 2.05) is 0 Å². The minimum Gasteiger partial charge on any atom is -0.411 e. The van der Waals surface area contributed by atoms with Gasteiger partial charge in [-0.2, -0.15) is 0 Å². The molecule has 0 aromatic heterocycles. The zero-order valence-corrected chi connectivity index (χ0v) is 5.18. The third-order valence-electron chi connectivity index (χ3n) is 1.63. The fourth-order valence-corrected chi connectivity index (χ4v) is 1.02. The molecule has 0 heterocycles. The molecule has 0 atom stereocenters. The minimum absolute atomic E-state index is 0.527. The molecule has 2 nitrogen and oxygen atoms in total. The largest absolute Gasteiger partial charge is 0.411 e. The summed E-state index contributed by atoms with van der Waals surface area (Å²) in [7, 11) is 0. The predicted octanol–water partition coefficient (Wildman–Crippen LogP) is 1.73. The highest BCUT2D eigenvalue weighted by Gasteiger charge is 2.15. The number of hydrogen-bond donors (Lipinski definition) is 1. The van der Waals surface area contributed by atoms with Crippen LogP contribution in [0.1, 0.15) is 25.7 Å². The lowest BCUT2D eigenvalue weighted by atomic mass is 9.97. The highest BCUT2D eigenvalue weighted by molar-refractivity contribution is 5.84. The van der Waals surface area contributed by atoms with Gasteiger partial charge in [0.15, 0.2) is 0 Å². The quantitative estimate of drug-likeness (QED) is 0.394. The zero-order chi connectivity index (χ0) is 6.69. The Balaban J connectivity index is 2.35. The molecule has 1 saturated carbocycles. The first kappa shape index (κ1) is 6.52. The van der Waals surface area contributed by atoms with Gasteiger partial charge in [-0.1, -0.05) is 5.16 Å². The second-order valence-electron chi connectivity index (χ2n) is 2.34. The maximum absolute atomic E-state index is 12.4. The fraction of sp³-hybridized carbons (Fsp3) is 0.833. The molecular formula is C6H10FNO. The Morgan fingerprint density at radius 1 is 1.44 bits per heavy atom. The van der Waals surface area contributed by atoms with E-state index in [1.54, 1.807) is 0 Å². The van der Waals surface area contributed by atoms with Gasteiger partial charge in [0, 0.05) is 0 Å². The SMILES string of the molecule is ON=C1CCC(F)CC1. The van der Waals surface area contributed by atoms with Crippen LogP contribution in [0.15, 0.2) is 5.16 Å². The Labute approximate surface area is 53.4 Å². The average molecular weight is 131 g/mol. The smallest absolute Gasteiger partial charge is 0.101 e. The van der Waals surface area contributed by atoms with Crippen LogP contribution in [-0.4, -0.2) is 17.1 Å². The van der Waals surface area contributed by atoms with Crippen LogP contribution in [0.4, 0.5) is 4.39 Å². The van der Waals surface area contributed by atoms with Gasteiger partial charge >= 0.3 is 0 Å². The highest BCUT2D eigenvalue weighted by Crippen LogP contribution is 2.18. The minimum atomic E-state index is -0.671. The van der Waals surface area contributed by atoms with E-state index in [1.165, 1.54) is 0 Å². The standard InChI is InChI=1S/C6H10FNO/c7-5-1-3-6(8-9)4-2-5/h5,9H,1-4H2. The van der Waals surface area contributed by atoms with Crippen molar-refractivity contribution in [2.45, 2.75) is 31.9 Å². The normalized spacial score (nSPS) is 28.1. The van der Waals surface area contributed by atoms with E-state index in [2.05, 4.69) is 5.16 Å². The Morgan fingerprint density at radius 2 is 2.00 bits per heavy atom. The third-order valence-corrected chi connectivity index (χ3v) is 1.63. The zero-order valence-electron chi connectivity index (χ0n) is 5.18. The fourth-order valence-electron chi connectivity index (χ4n) is 1.02. The summed E-state index contributed by atoms with van der Waals surface area (Å²) >= 11 is 0. The molecule has 1 fully saturated rings.